The van der Waals surface area contributed by atoms with Crippen LogP contribution in [0.25, 0.3) is 0 Å². The van der Waals surface area contributed by atoms with Crippen LogP contribution in [0.4, 0.5) is 0 Å². The molecular weight excluding hydrogens is 204 g/mol. The first-order valence-corrected chi connectivity index (χ1v) is 5.62. The van der Waals surface area contributed by atoms with Gasteiger partial charge in [0.25, 0.3) is 0 Å². The van der Waals surface area contributed by atoms with Crippen LogP contribution in [0.1, 0.15) is 6.92 Å². The zero-order valence-electron chi connectivity index (χ0n) is 9.80. The predicted molar refractivity (Wildman–Crippen MR) is 61.6 cm³/mol. The maximum Gasteiger partial charge on any atom is 0.138 e. The van der Waals surface area contributed by atoms with Crippen LogP contribution in [-0.4, -0.2) is 48.8 Å². The van der Waals surface area contributed by atoms with Crippen LogP contribution in [0.2, 0.25) is 0 Å². The van der Waals surface area contributed by atoms with Crippen molar-refractivity contribution in [2.24, 2.45) is 0 Å². The number of hydrogen-bond acceptors (Lipinski definition) is 4. The molecule has 0 saturated carbocycles. The molecule has 88 valence electrons. The normalized spacial score (nSPS) is 24.0. The molecule has 0 bridgehead atoms. The molecule has 2 heterocycles. The van der Waals surface area contributed by atoms with Crippen molar-refractivity contribution < 1.29 is 9.47 Å². The predicted octanol–water partition coefficient (Wildman–Crippen LogP) is 1.18. The summed E-state index contributed by atoms with van der Waals surface area (Å²) in [6.45, 7) is 4.73. The summed E-state index contributed by atoms with van der Waals surface area (Å²) in [6, 6.07) is 3.78. The number of ether oxygens (including phenoxy) is 2. The molecule has 0 aliphatic carbocycles. The molecule has 4 heteroatoms. The van der Waals surface area contributed by atoms with Gasteiger partial charge in [-0.15, -0.1) is 0 Å². The highest BCUT2D eigenvalue weighted by molar-refractivity contribution is 5.15. The zero-order chi connectivity index (χ0) is 11.4. The first kappa shape index (κ1) is 11.4. The average Bonchev–Trinajstić information content (AvgIpc) is 2.30. The van der Waals surface area contributed by atoms with E-state index in [1.54, 1.807) is 12.4 Å². The fourth-order valence-electron chi connectivity index (χ4n) is 1.80. The molecule has 16 heavy (non-hydrogen) atoms. The Hall–Kier alpha value is -1.13. The lowest BCUT2D eigenvalue weighted by Crippen LogP contribution is -2.46. The second kappa shape index (κ2) is 5.27. The van der Waals surface area contributed by atoms with Crippen molar-refractivity contribution in [1.29, 1.82) is 0 Å². The molecule has 1 fully saturated rings. The third kappa shape index (κ3) is 2.93. The maximum atomic E-state index is 5.79. The maximum absolute atomic E-state index is 5.79. The van der Waals surface area contributed by atoms with E-state index >= 15 is 0 Å². The smallest absolute Gasteiger partial charge is 0.138 e. The number of morpholine rings is 1. The summed E-state index contributed by atoms with van der Waals surface area (Å²) >= 11 is 0. The van der Waals surface area contributed by atoms with E-state index in [4.69, 9.17) is 9.47 Å². The first-order valence-electron chi connectivity index (χ1n) is 5.62. The minimum absolute atomic E-state index is 0.0481. The lowest BCUT2D eigenvalue weighted by Gasteiger charge is -2.33. The highest BCUT2D eigenvalue weighted by atomic mass is 16.5. The number of hydrogen-bond donors (Lipinski definition) is 0. The van der Waals surface area contributed by atoms with E-state index in [9.17, 15) is 0 Å². The number of likely N-dealkylation sites (N-methyl/N-ethyl adjacent to an activating group) is 1. The molecule has 1 aliphatic rings. The van der Waals surface area contributed by atoms with Crippen LogP contribution in [-0.2, 0) is 4.74 Å². The Morgan fingerprint density at radius 1 is 1.62 bits per heavy atom. The van der Waals surface area contributed by atoms with Crippen molar-refractivity contribution in [3.8, 4) is 5.75 Å². The van der Waals surface area contributed by atoms with Crippen molar-refractivity contribution >= 4 is 0 Å². The average molecular weight is 222 g/mol. The van der Waals surface area contributed by atoms with E-state index in [1.807, 2.05) is 19.1 Å². The molecule has 1 aromatic heterocycles. The Bertz CT molecular complexity index is 318. The minimum atomic E-state index is 0.0481. The van der Waals surface area contributed by atoms with Crippen molar-refractivity contribution in [1.82, 2.24) is 9.88 Å². The molecule has 2 atom stereocenters. The van der Waals surface area contributed by atoms with E-state index < -0.39 is 0 Å². The lowest BCUT2D eigenvalue weighted by molar-refractivity contribution is -0.0690. The number of pyridine rings is 1. The van der Waals surface area contributed by atoms with Gasteiger partial charge >= 0.3 is 0 Å². The van der Waals surface area contributed by atoms with E-state index in [0.717, 1.165) is 25.4 Å². The number of rotatable bonds is 3. The molecule has 0 amide bonds. The molecule has 1 saturated heterocycles. The largest absolute Gasteiger partial charge is 0.486 e. The van der Waals surface area contributed by atoms with Crippen molar-refractivity contribution in [2.45, 2.75) is 19.1 Å². The standard InChI is InChI=1S/C12H18N2O2/c1-10(12-9-14(2)6-7-15-12)16-11-4-3-5-13-8-11/h3-5,8,10,12H,6-7,9H2,1-2H3/t10-,12+/m1/s1. The SMILES string of the molecule is C[C@@H](Oc1cccnc1)[C@@H]1CN(C)CCO1. The van der Waals surface area contributed by atoms with Gasteiger partial charge < -0.3 is 14.4 Å². The van der Waals surface area contributed by atoms with E-state index in [-0.39, 0.29) is 12.2 Å². The summed E-state index contributed by atoms with van der Waals surface area (Å²) in [7, 11) is 2.10. The Kier molecular flexibility index (Phi) is 3.74. The molecule has 0 spiro atoms. The Labute approximate surface area is 96.2 Å². The lowest BCUT2D eigenvalue weighted by atomic mass is 10.2. The topological polar surface area (TPSA) is 34.6 Å². The third-order valence-corrected chi connectivity index (χ3v) is 2.78. The quantitative estimate of drug-likeness (QED) is 0.769. The molecule has 0 aromatic carbocycles. The van der Waals surface area contributed by atoms with Gasteiger partial charge in [-0.1, -0.05) is 0 Å². The van der Waals surface area contributed by atoms with Crippen LogP contribution >= 0.6 is 0 Å². The monoisotopic (exact) mass is 222 g/mol. The van der Waals surface area contributed by atoms with Crippen molar-refractivity contribution in [3.05, 3.63) is 24.5 Å². The van der Waals surface area contributed by atoms with Gasteiger partial charge in [-0.25, -0.2) is 0 Å². The fourth-order valence-corrected chi connectivity index (χ4v) is 1.80. The summed E-state index contributed by atoms with van der Waals surface area (Å²) in [4.78, 5) is 6.28. The molecule has 1 aromatic rings. The van der Waals surface area contributed by atoms with Crippen LogP contribution in [0.3, 0.4) is 0 Å². The van der Waals surface area contributed by atoms with Crippen LogP contribution < -0.4 is 4.74 Å². The van der Waals surface area contributed by atoms with Gasteiger partial charge in [0.1, 0.15) is 18.0 Å². The summed E-state index contributed by atoms with van der Waals surface area (Å²) in [5.41, 5.74) is 0. The van der Waals surface area contributed by atoms with Gasteiger partial charge in [-0.2, -0.15) is 0 Å². The number of nitrogens with zero attached hydrogens (tertiary/aromatic N) is 2. The summed E-state index contributed by atoms with van der Waals surface area (Å²) in [5, 5.41) is 0. The second-order valence-corrected chi connectivity index (χ2v) is 4.18. The summed E-state index contributed by atoms with van der Waals surface area (Å²) in [5.74, 6) is 0.798. The Balaban J connectivity index is 1.90. The van der Waals surface area contributed by atoms with Gasteiger partial charge in [0, 0.05) is 19.3 Å². The van der Waals surface area contributed by atoms with Crippen LogP contribution in [0, 0.1) is 0 Å². The summed E-state index contributed by atoms with van der Waals surface area (Å²) in [6.07, 6.45) is 3.65. The Morgan fingerprint density at radius 2 is 2.50 bits per heavy atom. The highest BCUT2D eigenvalue weighted by Gasteiger charge is 2.24. The molecule has 0 unspecified atom stereocenters. The fraction of sp³-hybridized carbons (Fsp3) is 0.583. The summed E-state index contributed by atoms with van der Waals surface area (Å²) < 4.78 is 11.5. The molecule has 4 nitrogen and oxygen atoms in total. The van der Waals surface area contributed by atoms with Gasteiger partial charge in [0.15, 0.2) is 0 Å². The molecule has 0 radical (unpaired) electrons. The van der Waals surface area contributed by atoms with Crippen LogP contribution in [0.5, 0.6) is 5.75 Å². The second-order valence-electron chi connectivity index (χ2n) is 4.18. The minimum Gasteiger partial charge on any atom is -0.486 e. The van der Waals surface area contributed by atoms with Gasteiger partial charge in [-0.05, 0) is 26.1 Å². The van der Waals surface area contributed by atoms with Gasteiger partial charge in [0.2, 0.25) is 0 Å². The third-order valence-electron chi connectivity index (χ3n) is 2.78. The van der Waals surface area contributed by atoms with E-state index in [1.165, 1.54) is 0 Å². The van der Waals surface area contributed by atoms with Crippen molar-refractivity contribution in [2.75, 3.05) is 26.7 Å². The number of aromatic nitrogens is 1. The first-order chi connectivity index (χ1) is 7.75. The van der Waals surface area contributed by atoms with E-state index in [0.29, 0.717) is 0 Å². The van der Waals surface area contributed by atoms with E-state index in [2.05, 4.69) is 16.9 Å². The molecular formula is C12H18N2O2. The van der Waals surface area contributed by atoms with Crippen LogP contribution in [0.15, 0.2) is 24.5 Å². The van der Waals surface area contributed by atoms with Gasteiger partial charge in [0.05, 0.1) is 12.8 Å². The molecule has 1 aliphatic heterocycles. The molecule has 0 N–H and O–H groups in total. The Morgan fingerprint density at radius 3 is 3.19 bits per heavy atom. The van der Waals surface area contributed by atoms with Gasteiger partial charge in [-0.3, -0.25) is 4.98 Å². The zero-order valence-corrected chi connectivity index (χ0v) is 9.80. The highest BCUT2D eigenvalue weighted by Crippen LogP contribution is 2.15. The van der Waals surface area contributed by atoms with Crippen molar-refractivity contribution in [3.63, 3.8) is 0 Å². The molecule has 2 rings (SSSR count).